The van der Waals surface area contributed by atoms with Gasteiger partial charge in [-0.3, -0.25) is 4.99 Å². The van der Waals surface area contributed by atoms with E-state index in [-0.39, 0.29) is 5.54 Å². The van der Waals surface area contributed by atoms with E-state index >= 15 is 0 Å². The van der Waals surface area contributed by atoms with Crippen molar-refractivity contribution in [2.24, 2.45) is 10.9 Å². The average Bonchev–Trinajstić information content (AvgIpc) is 2.20. The number of guanidine groups is 1. The highest BCUT2D eigenvalue weighted by molar-refractivity contribution is 5.79. The summed E-state index contributed by atoms with van der Waals surface area (Å²) in [6.45, 7) is 14.9. The molecule has 0 aliphatic heterocycles. The molecule has 0 spiro atoms. The van der Waals surface area contributed by atoms with E-state index in [1.165, 1.54) is 0 Å². The van der Waals surface area contributed by atoms with Crippen molar-refractivity contribution in [1.82, 2.24) is 16.0 Å². The van der Waals surface area contributed by atoms with Crippen molar-refractivity contribution in [3.05, 3.63) is 0 Å². The number of hydrogen-bond donors (Lipinski definition) is 3. The Morgan fingerprint density at radius 2 is 1.71 bits per heavy atom. The summed E-state index contributed by atoms with van der Waals surface area (Å²) in [5.41, 5.74) is 0.170. The Labute approximate surface area is 107 Å². The fourth-order valence-electron chi connectivity index (χ4n) is 1.20. The molecule has 0 amide bonds. The van der Waals surface area contributed by atoms with Crippen LogP contribution in [0.4, 0.5) is 0 Å². The van der Waals surface area contributed by atoms with Crippen LogP contribution in [0.1, 0.15) is 41.5 Å². The van der Waals surface area contributed by atoms with E-state index in [2.05, 4.69) is 62.5 Å². The van der Waals surface area contributed by atoms with Gasteiger partial charge < -0.3 is 16.0 Å². The molecule has 1 unspecified atom stereocenters. The molecule has 0 aromatic rings. The summed E-state index contributed by atoms with van der Waals surface area (Å²) in [6.07, 6.45) is 0. The molecule has 102 valence electrons. The molecule has 0 aliphatic rings. The number of rotatable bonds is 5. The molecule has 0 saturated carbocycles. The molecule has 0 saturated heterocycles. The lowest BCUT2D eigenvalue weighted by Gasteiger charge is -2.23. The van der Waals surface area contributed by atoms with Crippen LogP contribution in [0, 0.1) is 5.92 Å². The highest BCUT2D eigenvalue weighted by Gasteiger charge is 2.09. The van der Waals surface area contributed by atoms with Gasteiger partial charge in [-0.1, -0.05) is 13.8 Å². The van der Waals surface area contributed by atoms with E-state index in [1.807, 2.05) is 0 Å². The minimum absolute atomic E-state index is 0.170. The standard InChI is InChI=1S/C13H30N4/c1-10(2)11(3)17-12(14-7)15-8-9-16-13(4,5)6/h10-11,16H,8-9H2,1-7H3,(H2,14,15,17). The van der Waals surface area contributed by atoms with Crippen LogP contribution in [0.3, 0.4) is 0 Å². The molecule has 17 heavy (non-hydrogen) atoms. The minimum atomic E-state index is 0.170. The number of nitrogens with one attached hydrogen (secondary N) is 3. The molecule has 0 radical (unpaired) electrons. The van der Waals surface area contributed by atoms with Crippen LogP contribution in [-0.2, 0) is 0 Å². The van der Waals surface area contributed by atoms with Crippen LogP contribution in [0.2, 0.25) is 0 Å². The summed E-state index contributed by atoms with van der Waals surface area (Å²) in [7, 11) is 1.81. The molecule has 0 heterocycles. The minimum Gasteiger partial charge on any atom is -0.355 e. The Hall–Kier alpha value is -0.770. The maximum Gasteiger partial charge on any atom is 0.191 e. The SMILES string of the molecule is CN=C(NCCNC(C)(C)C)NC(C)C(C)C. The average molecular weight is 242 g/mol. The molecule has 0 rings (SSSR count). The third kappa shape index (κ3) is 8.98. The van der Waals surface area contributed by atoms with Crippen molar-refractivity contribution in [3.8, 4) is 0 Å². The number of nitrogens with zero attached hydrogens (tertiary/aromatic N) is 1. The Kier molecular flexibility index (Phi) is 7.19. The molecule has 4 nitrogen and oxygen atoms in total. The lowest BCUT2D eigenvalue weighted by molar-refractivity contribution is 0.426. The zero-order valence-corrected chi connectivity index (χ0v) is 12.5. The molecular formula is C13H30N4. The van der Waals surface area contributed by atoms with Gasteiger partial charge in [-0.05, 0) is 33.6 Å². The fraction of sp³-hybridized carbons (Fsp3) is 0.923. The predicted molar refractivity (Wildman–Crippen MR) is 76.6 cm³/mol. The summed E-state index contributed by atoms with van der Waals surface area (Å²) in [6, 6.07) is 0.428. The first-order chi connectivity index (χ1) is 7.76. The molecular weight excluding hydrogens is 212 g/mol. The first-order valence-electron chi connectivity index (χ1n) is 6.48. The van der Waals surface area contributed by atoms with Crippen LogP contribution in [-0.4, -0.2) is 37.7 Å². The van der Waals surface area contributed by atoms with E-state index < -0.39 is 0 Å². The van der Waals surface area contributed by atoms with E-state index in [4.69, 9.17) is 0 Å². The maximum atomic E-state index is 4.21. The molecule has 4 heteroatoms. The van der Waals surface area contributed by atoms with Crippen LogP contribution in [0.15, 0.2) is 4.99 Å². The van der Waals surface area contributed by atoms with Crippen LogP contribution in [0.25, 0.3) is 0 Å². The van der Waals surface area contributed by atoms with Gasteiger partial charge in [0, 0.05) is 31.7 Å². The van der Waals surface area contributed by atoms with Gasteiger partial charge >= 0.3 is 0 Å². The zero-order chi connectivity index (χ0) is 13.5. The van der Waals surface area contributed by atoms with Crippen LogP contribution < -0.4 is 16.0 Å². The molecule has 0 bridgehead atoms. The van der Waals surface area contributed by atoms with Gasteiger partial charge in [0.1, 0.15) is 0 Å². The Morgan fingerprint density at radius 3 is 2.12 bits per heavy atom. The third-order valence-electron chi connectivity index (χ3n) is 2.66. The lowest BCUT2D eigenvalue weighted by atomic mass is 10.1. The predicted octanol–water partition coefficient (Wildman–Crippen LogP) is 1.58. The highest BCUT2D eigenvalue weighted by atomic mass is 15.2. The molecule has 3 N–H and O–H groups in total. The molecule has 0 aliphatic carbocycles. The molecule has 0 fully saturated rings. The van der Waals surface area contributed by atoms with E-state index in [0.717, 1.165) is 19.0 Å². The highest BCUT2D eigenvalue weighted by Crippen LogP contribution is 1.99. The number of aliphatic imine (C=N–C) groups is 1. The second-order valence-electron chi connectivity index (χ2n) is 5.85. The van der Waals surface area contributed by atoms with Gasteiger partial charge in [0.25, 0.3) is 0 Å². The van der Waals surface area contributed by atoms with Crippen molar-refractivity contribution in [2.45, 2.75) is 53.1 Å². The van der Waals surface area contributed by atoms with E-state index in [9.17, 15) is 0 Å². The Bertz CT molecular complexity index is 228. The van der Waals surface area contributed by atoms with Crippen molar-refractivity contribution >= 4 is 5.96 Å². The van der Waals surface area contributed by atoms with Crippen LogP contribution >= 0.6 is 0 Å². The maximum absolute atomic E-state index is 4.21. The van der Waals surface area contributed by atoms with Gasteiger partial charge in [-0.15, -0.1) is 0 Å². The second-order valence-corrected chi connectivity index (χ2v) is 5.85. The largest absolute Gasteiger partial charge is 0.355 e. The zero-order valence-electron chi connectivity index (χ0n) is 12.5. The first kappa shape index (κ1) is 16.2. The quantitative estimate of drug-likeness (QED) is 0.390. The third-order valence-corrected chi connectivity index (χ3v) is 2.66. The summed E-state index contributed by atoms with van der Waals surface area (Å²) in [5, 5.41) is 10.1. The monoisotopic (exact) mass is 242 g/mol. The van der Waals surface area contributed by atoms with Gasteiger partial charge in [0.2, 0.25) is 0 Å². The topological polar surface area (TPSA) is 48.5 Å². The summed E-state index contributed by atoms with van der Waals surface area (Å²) in [5.74, 6) is 1.48. The van der Waals surface area contributed by atoms with Crippen molar-refractivity contribution < 1.29 is 0 Å². The first-order valence-corrected chi connectivity index (χ1v) is 6.48. The second kappa shape index (κ2) is 7.54. The summed E-state index contributed by atoms with van der Waals surface area (Å²) < 4.78 is 0. The van der Waals surface area contributed by atoms with Crippen molar-refractivity contribution in [2.75, 3.05) is 20.1 Å². The molecule has 1 atom stereocenters. The normalized spacial score (nSPS) is 14.9. The lowest BCUT2D eigenvalue weighted by Crippen LogP contribution is -2.47. The van der Waals surface area contributed by atoms with Gasteiger partial charge in [-0.2, -0.15) is 0 Å². The van der Waals surface area contributed by atoms with Crippen LogP contribution in [0.5, 0.6) is 0 Å². The fourth-order valence-corrected chi connectivity index (χ4v) is 1.20. The van der Waals surface area contributed by atoms with Gasteiger partial charge in [-0.25, -0.2) is 0 Å². The van der Waals surface area contributed by atoms with Gasteiger partial charge in [0.15, 0.2) is 5.96 Å². The van der Waals surface area contributed by atoms with Crippen molar-refractivity contribution in [3.63, 3.8) is 0 Å². The number of hydrogen-bond acceptors (Lipinski definition) is 2. The summed E-state index contributed by atoms with van der Waals surface area (Å²) in [4.78, 5) is 4.21. The Morgan fingerprint density at radius 1 is 1.12 bits per heavy atom. The smallest absolute Gasteiger partial charge is 0.191 e. The van der Waals surface area contributed by atoms with Gasteiger partial charge in [0.05, 0.1) is 0 Å². The van der Waals surface area contributed by atoms with E-state index in [0.29, 0.717) is 12.0 Å². The van der Waals surface area contributed by atoms with E-state index in [1.54, 1.807) is 7.05 Å². The van der Waals surface area contributed by atoms with Crippen molar-refractivity contribution in [1.29, 1.82) is 0 Å². The molecule has 0 aromatic heterocycles. The summed E-state index contributed by atoms with van der Waals surface area (Å²) >= 11 is 0. The molecule has 0 aromatic carbocycles. The Balaban J connectivity index is 3.85.